The molecule has 5 heteroatoms. The molecule has 0 saturated carbocycles. The van der Waals surface area contributed by atoms with Crippen LogP contribution in [-0.4, -0.2) is 33.3 Å². The van der Waals surface area contributed by atoms with Crippen LogP contribution in [0.3, 0.4) is 0 Å². The van der Waals surface area contributed by atoms with Gasteiger partial charge in [0.05, 0.1) is 19.3 Å². The first-order chi connectivity index (χ1) is 6.65. The van der Waals surface area contributed by atoms with Crippen molar-refractivity contribution in [3.05, 3.63) is 18.2 Å². The fourth-order valence-electron chi connectivity index (χ4n) is 1.13. The van der Waals surface area contributed by atoms with Gasteiger partial charge in [0.25, 0.3) is 0 Å². The Balaban J connectivity index is 2.76. The van der Waals surface area contributed by atoms with Gasteiger partial charge in [-0.05, 0) is 13.8 Å². The molecule has 1 heterocycles. The van der Waals surface area contributed by atoms with E-state index < -0.39 is 12.1 Å². The van der Waals surface area contributed by atoms with Crippen LogP contribution in [-0.2, 0) is 11.3 Å². The number of ether oxygens (including phenoxy) is 1. The molecule has 0 spiro atoms. The quantitative estimate of drug-likeness (QED) is 0.713. The Labute approximate surface area is 82.3 Å². The molecule has 0 saturated heterocycles. The zero-order valence-electron chi connectivity index (χ0n) is 8.30. The summed E-state index contributed by atoms with van der Waals surface area (Å²) < 4.78 is 6.38. The normalized spacial score (nSPS) is 12.5. The minimum atomic E-state index is -0.516. The van der Waals surface area contributed by atoms with Crippen LogP contribution in [0.15, 0.2) is 12.4 Å². The highest BCUT2D eigenvalue weighted by molar-refractivity contribution is 5.85. The second-order valence-corrected chi connectivity index (χ2v) is 2.97. The molecule has 1 aromatic heterocycles. The van der Waals surface area contributed by atoms with E-state index in [-0.39, 0.29) is 5.82 Å². The summed E-state index contributed by atoms with van der Waals surface area (Å²) in [7, 11) is 0. The van der Waals surface area contributed by atoms with Crippen molar-refractivity contribution in [1.82, 2.24) is 9.55 Å². The second-order valence-electron chi connectivity index (χ2n) is 2.97. The number of aliphatic hydroxyl groups excluding tert-OH is 1. The molecule has 5 nitrogen and oxygen atoms in total. The van der Waals surface area contributed by atoms with Crippen LogP contribution in [0.25, 0.3) is 0 Å². The molecule has 0 aliphatic heterocycles. The number of rotatable bonds is 4. The molecule has 0 aromatic carbocycles. The number of hydrogen-bond acceptors (Lipinski definition) is 4. The summed E-state index contributed by atoms with van der Waals surface area (Å²) in [6, 6.07) is 0. The van der Waals surface area contributed by atoms with Crippen LogP contribution in [0.2, 0.25) is 0 Å². The lowest BCUT2D eigenvalue weighted by Gasteiger charge is -2.08. The Morgan fingerprint density at radius 2 is 2.50 bits per heavy atom. The Morgan fingerprint density at radius 1 is 1.79 bits per heavy atom. The number of aromatic nitrogens is 2. The smallest absolute Gasteiger partial charge is 0.374 e. The molecule has 1 N–H and O–H groups in total. The van der Waals surface area contributed by atoms with E-state index >= 15 is 0 Å². The van der Waals surface area contributed by atoms with Crippen LogP contribution in [0.5, 0.6) is 0 Å². The third kappa shape index (κ3) is 2.56. The second kappa shape index (κ2) is 4.76. The molecule has 14 heavy (non-hydrogen) atoms. The van der Waals surface area contributed by atoms with Gasteiger partial charge in [-0.1, -0.05) is 0 Å². The van der Waals surface area contributed by atoms with Crippen molar-refractivity contribution in [2.24, 2.45) is 0 Å². The lowest BCUT2D eigenvalue weighted by Crippen LogP contribution is -2.18. The zero-order chi connectivity index (χ0) is 10.6. The summed E-state index contributed by atoms with van der Waals surface area (Å²) in [4.78, 5) is 15.2. The average Bonchev–Trinajstić information content (AvgIpc) is 2.51. The van der Waals surface area contributed by atoms with Crippen LogP contribution in [0, 0.1) is 0 Å². The van der Waals surface area contributed by atoms with Crippen molar-refractivity contribution in [2.75, 3.05) is 6.61 Å². The Kier molecular flexibility index (Phi) is 3.64. The average molecular weight is 198 g/mol. The first-order valence-corrected chi connectivity index (χ1v) is 4.51. The first kappa shape index (κ1) is 10.7. The van der Waals surface area contributed by atoms with Crippen molar-refractivity contribution >= 4 is 5.97 Å². The molecule has 0 bridgehead atoms. The van der Waals surface area contributed by atoms with Crippen molar-refractivity contribution in [1.29, 1.82) is 0 Å². The Bertz CT molecular complexity index is 307. The first-order valence-electron chi connectivity index (χ1n) is 4.51. The van der Waals surface area contributed by atoms with Crippen molar-refractivity contribution in [2.45, 2.75) is 26.5 Å². The minimum absolute atomic E-state index is 0.229. The van der Waals surface area contributed by atoms with Gasteiger partial charge in [-0.2, -0.15) is 0 Å². The number of carbonyl (C=O) groups excluding carboxylic acids is 1. The number of aliphatic hydroxyl groups is 1. The van der Waals surface area contributed by atoms with Crippen LogP contribution >= 0.6 is 0 Å². The minimum Gasteiger partial charge on any atom is -0.460 e. The summed E-state index contributed by atoms with van der Waals surface area (Å²) >= 11 is 0. The summed E-state index contributed by atoms with van der Waals surface area (Å²) in [5, 5.41) is 9.16. The van der Waals surface area contributed by atoms with Gasteiger partial charge < -0.3 is 14.4 Å². The predicted octanol–water partition coefficient (Wildman–Crippen LogP) is 0.441. The predicted molar refractivity (Wildman–Crippen MR) is 49.9 cm³/mol. The van der Waals surface area contributed by atoms with E-state index in [9.17, 15) is 4.79 Å². The highest BCUT2D eigenvalue weighted by atomic mass is 16.5. The van der Waals surface area contributed by atoms with E-state index in [2.05, 4.69) is 4.98 Å². The van der Waals surface area contributed by atoms with E-state index in [1.165, 1.54) is 6.20 Å². The lowest BCUT2D eigenvalue weighted by molar-refractivity contribution is 0.0502. The molecule has 1 aromatic rings. The number of hydrogen-bond donors (Lipinski definition) is 1. The number of imidazole rings is 1. The topological polar surface area (TPSA) is 64.3 Å². The summed E-state index contributed by atoms with van der Waals surface area (Å²) in [6.07, 6.45) is 2.63. The molecular weight excluding hydrogens is 184 g/mol. The molecule has 0 aliphatic rings. The highest BCUT2D eigenvalue weighted by Crippen LogP contribution is 2.01. The summed E-state index contributed by atoms with van der Waals surface area (Å²) in [5.74, 6) is -0.231. The van der Waals surface area contributed by atoms with Gasteiger partial charge in [-0.3, -0.25) is 0 Å². The Hall–Kier alpha value is -1.36. The van der Waals surface area contributed by atoms with Gasteiger partial charge in [-0.15, -0.1) is 0 Å². The van der Waals surface area contributed by atoms with E-state index in [4.69, 9.17) is 9.84 Å². The maximum absolute atomic E-state index is 11.3. The van der Waals surface area contributed by atoms with E-state index in [1.807, 2.05) is 0 Å². The van der Waals surface area contributed by atoms with Gasteiger partial charge in [-0.25, -0.2) is 9.78 Å². The van der Waals surface area contributed by atoms with Gasteiger partial charge in [0.2, 0.25) is 5.82 Å². The molecule has 0 fully saturated rings. The molecule has 78 valence electrons. The summed E-state index contributed by atoms with van der Waals surface area (Å²) in [6.45, 7) is 4.04. The van der Waals surface area contributed by atoms with Gasteiger partial charge in [0.1, 0.15) is 0 Å². The summed E-state index contributed by atoms with van der Waals surface area (Å²) in [5.41, 5.74) is 0. The fourth-order valence-corrected chi connectivity index (χ4v) is 1.13. The van der Waals surface area contributed by atoms with Gasteiger partial charge >= 0.3 is 5.97 Å². The fraction of sp³-hybridized carbons (Fsp3) is 0.556. The molecule has 1 atom stereocenters. The lowest BCUT2D eigenvalue weighted by atomic mass is 10.4. The van der Waals surface area contributed by atoms with Crippen molar-refractivity contribution in [3.63, 3.8) is 0 Å². The molecular formula is C9H14N2O3. The van der Waals surface area contributed by atoms with E-state index in [0.29, 0.717) is 13.2 Å². The van der Waals surface area contributed by atoms with Crippen molar-refractivity contribution < 1.29 is 14.6 Å². The maximum Gasteiger partial charge on any atom is 0.374 e. The van der Waals surface area contributed by atoms with Gasteiger partial charge in [0, 0.05) is 12.4 Å². The van der Waals surface area contributed by atoms with E-state index in [1.54, 1.807) is 24.6 Å². The Morgan fingerprint density at radius 3 is 3.07 bits per heavy atom. The van der Waals surface area contributed by atoms with Crippen LogP contribution < -0.4 is 0 Å². The largest absolute Gasteiger partial charge is 0.460 e. The highest BCUT2D eigenvalue weighted by Gasteiger charge is 2.14. The molecule has 0 amide bonds. The van der Waals surface area contributed by atoms with Crippen LogP contribution in [0.4, 0.5) is 0 Å². The SMILES string of the molecule is CCOC(=O)c1nccn1CC(C)O. The third-order valence-electron chi connectivity index (χ3n) is 1.63. The third-order valence-corrected chi connectivity index (χ3v) is 1.63. The monoisotopic (exact) mass is 198 g/mol. The van der Waals surface area contributed by atoms with Crippen LogP contribution in [0.1, 0.15) is 24.5 Å². The number of nitrogens with zero attached hydrogens (tertiary/aromatic N) is 2. The molecule has 0 radical (unpaired) electrons. The zero-order valence-corrected chi connectivity index (χ0v) is 8.30. The van der Waals surface area contributed by atoms with Crippen molar-refractivity contribution in [3.8, 4) is 0 Å². The standard InChI is InChI=1S/C9H14N2O3/c1-3-14-9(13)8-10-4-5-11(8)6-7(2)12/h4-5,7,12H,3,6H2,1-2H3. The maximum atomic E-state index is 11.3. The van der Waals surface area contributed by atoms with Gasteiger partial charge in [0.15, 0.2) is 0 Å². The molecule has 0 aliphatic carbocycles. The number of esters is 1. The molecule has 1 rings (SSSR count). The molecule has 1 unspecified atom stereocenters. The van der Waals surface area contributed by atoms with E-state index in [0.717, 1.165) is 0 Å². The number of carbonyl (C=O) groups is 1.